The van der Waals surface area contributed by atoms with Crippen LogP contribution in [0.3, 0.4) is 0 Å². The van der Waals surface area contributed by atoms with Crippen LogP contribution in [0, 0.1) is 12.8 Å². The fraction of sp³-hybridized carbons (Fsp3) is 0.111. The molecule has 0 saturated carbocycles. The molecule has 2 nitrogen and oxygen atoms in total. The summed E-state index contributed by atoms with van der Waals surface area (Å²) in [5.41, 5.74) is 1.43. The Morgan fingerprint density at radius 3 is 2.42 bits per heavy atom. The summed E-state index contributed by atoms with van der Waals surface area (Å²) in [6.45, 7) is 5.31. The van der Waals surface area contributed by atoms with E-state index in [1.807, 2.05) is 0 Å². The van der Waals surface area contributed by atoms with Gasteiger partial charge in [-0.15, -0.1) is 6.58 Å². The molecule has 1 aliphatic rings. The molecule has 0 bridgehead atoms. The fourth-order valence-corrected chi connectivity index (χ4v) is 2.28. The van der Waals surface area contributed by atoms with Crippen molar-refractivity contribution in [1.29, 1.82) is 0 Å². The lowest BCUT2D eigenvalue weighted by molar-refractivity contribution is 0.613. The molecule has 1 aliphatic heterocycles. The summed E-state index contributed by atoms with van der Waals surface area (Å²) in [5.74, 6) is 0. The highest BCUT2D eigenvalue weighted by molar-refractivity contribution is 7.97. The molecule has 3 heteroatoms. The van der Waals surface area contributed by atoms with Crippen LogP contribution in [0.15, 0.2) is 34.6 Å². The summed E-state index contributed by atoms with van der Waals surface area (Å²) in [6, 6.07) is 0. The monoisotopic (exact) mass is 182 g/mol. The van der Waals surface area contributed by atoms with Crippen molar-refractivity contribution in [2.75, 3.05) is 0 Å². The Kier molecular flexibility index (Phi) is 2.52. The standard InChI is InChI=1S/C9H10O2S/c1-3-5-9-7-12(10,11)6-8(9)4-2/h3-7H,1H2,2H3. The number of rotatable bonds is 3. The third-order valence-electron chi connectivity index (χ3n) is 1.52. The van der Waals surface area contributed by atoms with Crippen LogP contribution in [-0.2, 0) is 9.84 Å². The Bertz CT molecular complexity index is 345. The molecule has 0 aromatic rings. The van der Waals surface area contributed by atoms with Crippen LogP contribution >= 0.6 is 0 Å². The van der Waals surface area contributed by atoms with Crippen LogP contribution in [0.25, 0.3) is 0 Å². The number of sulfone groups is 1. The lowest BCUT2D eigenvalue weighted by Gasteiger charge is -1.98. The highest BCUT2D eigenvalue weighted by Gasteiger charge is 2.17. The quantitative estimate of drug-likeness (QED) is 0.667. The van der Waals surface area contributed by atoms with Crippen molar-refractivity contribution < 1.29 is 8.42 Å². The number of allylic oxidation sites excluding steroid dienone is 3. The van der Waals surface area contributed by atoms with E-state index in [-0.39, 0.29) is 0 Å². The van der Waals surface area contributed by atoms with Gasteiger partial charge in [0.25, 0.3) is 0 Å². The second kappa shape index (κ2) is 3.27. The predicted octanol–water partition coefficient (Wildman–Crippen LogP) is 1.80. The molecule has 12 heavy (non-hydrogen) atoms. The average molecular weight is 182 g/mol. The highest BCUT2D eigenvalue weighted by atomic mass is 32.2. The first kappa shape index (κ1) is 9.26. The third-order valence-corrected chi connectivity index (χ3v) is 2.69. The van der Waals surface area contributed by atoms with Gasteiger partial charge in [-0.2, -0.15) is 0 Å². The van der Waals surface area contributed by atoms with Gasteiger partial charge in [0.05, 0.1) is 0 Å². The van der Waals surface area contributed by atoms with Crippen LogP contribution in [0.2, 0.25) is 0 Å². The van der Waals surface area contributed by atoms with Gasteiger partial charge in [0.15, 0.2) is 9.84 Å². The van der Waals surface area contributed by atoms with E-state index in [0.717, 1.165) is 5.57 Å². The van der Waals surface area contributed by atoms with Gasteiger partial charge in [0, 0.05) is 17.2 Å². The van der Waals surface area contributed by atoms with E-state index in [9.17, 15) is 8.42 Å². The molecule has 0 atom stereocenters. The summed E-state index contributed by atoms with van der Waals surface area (Å²) in [5, 5.41) is 2.49. The minimum Gasteiger partial charge on any atom is -0.220 e. The van der Waals surface area contributed by atoms with Gasteiger partial charge in [-0.05, 0) is 17.6 Å². The molecule has 1 rings (SSSR count). The predicted molar refractivity (Wildman–Crippen MR) is 49.6 cm³/mol. The summed E-state index contributed by atoms with van der Waals surface area (Å²) in [7, 11) is -3.11. The lowest BCUT2D eigenvalue weighted by atomic mass is 10.0. The van der Waals surface area contributed by atoms with Crippen LogP contribution in [0.4, 0.5) is 0 Å². The molecular weight excluding hydrogens is 172 g/mol. The molecule has 0 amide bonds. The van der Waals surface area contributed by atoms with Gasteiger partial charge in [0.1, 0.15) is 0 Å². The Morgan fingerprint density at radius 2 is 1.92 bits per heavy atom. The maximum atomic E-state index is 11.1. The molecule has 0 spiro atoms. The molecule has 1 heterocycles. The van der Waals surface area contributed by atoms with E-state index < -0.39 is 9.84 Å². The molecule has 0 saturated heterocycles. The van der Waals surface area contributed by atoms with Crippen LogP contribution in [0.1, 0.15) is 6.92 Å². The summed E-state index contributed by atoms with van der Waals surface area (Å²) >= 11 is 0. The van der Waals surface area contributed by atoms with E-state index >= 15 is 0 Å². The molecule has 64 valence electrons. The van der Waals surface area contributed by atoms with Gasteiger partial charge in [-0.3, -0.25) is 0 Å². The molecule has 2 radical (unpaired) electrons. The molecule has 0 unspecified atom stereocenters. The van der Waals surface area contributed by atoms with E-state index in [2.05, 4.69) is 6.58 Å². The molecule has 0 aromatic carbocycles. The van der Waals surface area contributed by atoms with Crippen LogP contribution < -0.4 is 0 Å². The SMILES string of the molecule is C=C[CH]C1=CS(=O)(=O)C=C1[CH]C. The molecule has 0 aliphatic carbocycles. The first-order chi connectivity index (χ1) is 5.59. The minimum absolute atomic E-state index is 0.701. The zero-order chi connectivity index (χ0) is 9.19. The van der Waals surface area contributed by atoms with Gasteiger partial charge in [0.2, 0.25) is 0 Å². The van der Waals surface area contributed by atoms with Crippen molar-refractivity contribution >= 4 is 9.84 Å². The second-order valence-corrected chi connectivity index (χ2v) is 4.08. The molecule has 0 N–H and O–H groups in total. The first-order valence-corrected chi connectivity index (χ1v) is 5.14. The largest absolute Gasteiger partial charge is 0.220 e. The first-order valence-electron chi connectivity index (χ1n) is 3.53. The van der Waals surface area contributed by atoms with Gasteiger partial charge < -0.3 is 0 Å². The zero-order valence-corrected chi connectivity index (χ0v) is 7.64. The number of hydrogen-bond acceptors (Lipinski definition) is 2. The summed E-state index contributed by atoms with van der Waals surface area (Å²) < 4.78 is 22.1. The van der Waals surface area contributed by atoms with Crippen molar-refractivity contribution in [1.82, 2.24) is 0 Å². The van der Waals surface area contributed by atoms with Crippen molar-refractivity contribution in [3.05, 3.63) is 47.5 Å². The Balaban J connectivity index is 3.03. The Morgan fingerprint density at radius 1 is 1.33 bits per heavy atom. The van der Waals surface area contributed by atoms with Gasteiger partial charge in [-0.1, -0.05) is 13.0 Å². The van der Waals surface area contributed by atoms with E-state index in [4.69, 9.17) is 0 Å². The highest BCUT2D eigenvalue weighted by Crippen LogP contribution is 2.25. The zero-order valence-electron chi connectivity index (χ0n) is 6.82. The normalized spacial score (nSPS) is 20.1. The van der Waals surface area contributed by atoms with E-state index in [0.29, 0.717) is 5.57 Å². The number of hydrogen-bond donors (Lipinski definition) is 0. The van der Waals surface area contributed by atoms with Crippen molar-refractivity contribution in [2.45, 2.75) is 6.92 Å². The fourth-order valence-electron chi connectivity index (χ4n) is 1.02. The minimum atomic E-state index is -3.11. The van der Waals surface area contributed by atoms with E-state index in [1.54, 1.807) is 25.8 Å². The molecular formula is C9H10O2S. The average Bonchev–Trinajstić information content (AvgIpc) is 2.26. The van der Waals surface area contributed by atoms with Crippen molar-refractivity contribution in [3.63, 3.8) is 0 Å². The maximum absolute atomic E-state index is 11.1. The lowest BCUT2D eigenvalue weighted by Crippen LogP contribution is -1.83. The smallest absolute Gasteiger partial charge is 0.193 e. The van der Waals surface area contributed by atoms with Crippen molar-refractivity contribution in [3.8, 4) is 0 Å². The second-order valence-electron chi connectivity index (χ2n) is 2.43. The molecule has 0 aromatic heterocycles. The third kappa shape index (κ3) is 1.85. The summed E-state index contributed by atoms with van der Waals surface area (Å²) in [4.78, 5) is 0. The van der Waals surface area contributed by atoms with E-state index in [1.165, 1.54) is 10.8 Å². The Hall–Kier alpha value is -0.830. The van der Waals surface area contributed by atoms with Crippen molar-refractivity contribution in [2.24, 2.45) is 0 Å². The Labute approximate surface area is 73.2 Å². The topological polar surface area (TPSA) is 34.1 Å². The molecule has 0 fully saturated rings. The maximum Gasteiger partial charge on any atom is 0.193 e. The van der Waals surface area contributed by atoms with Crippen LogP contribution in [-0.4, -0.2) is 8.42 Å². The van der Waals surface area contributed by atoms with Gasteiger partial charge >= 0.3 is 0 Å². The van der Waals surface area contributed by atoms with Gasteiger partial charge in [-0.25, -0.2) is 8.42 Å². The van der Waals surface area contributed by atoms with Crippen LogP contribution in [0.5, 0.6) is 0 Å². The summed E-state index contributed by atoms with van der Waals surface area (Å²) in [6.07, 6.45) is 5.01.